The third kappa shape index (κ3) is 2.20. The van der Waals surface area contributed by atoms with Crippen LogP contribution < -0.4 is 4.74 Å². The Morgan fingerprint density at radius 3 is 2.57 bits per heavy atom. The lowest BCUT2D eigenvalue weighted by Gasteiger charge is -2.10. The van der Waals surface area contributed by atoms with E-state index < -0.39 is 0 Å². The van der Waals surface area contributed by atoms with Crippen LogP contribution in [0.15, 0.2) is 12.1 Å². The molecule has 0 saturated heterocycles. The number of Topliss-reactive ketones (excluding diaryl/α,β-unsaturated/α-hetero) is 1. The molecule has 0 aromatic heterocycles. The molecular weight excluding hydrogens is 223 g/mol. The topological polar surface area (TPSA) is 26.3 Å². The highest BCUT2D eigenvalue weighted by atomic mass is 35.5. The van der Waals surface area contributed by atoms with Crippen molar-refractivity contribution in [1.29, 1.82) is 0 Å². The van der Waals surface area contributed by atoms with E-state index in [0.717, 1.165) is 0 Å². The molecule has 76 valence electrons. The van der Waals surface area contributed by atoms with E-state index in [4.69, 9.17) is 27.9 Å². The summed E-state index contributed by atoms with van der Waals surface area (Å²) < 4.78 is 5.27. The van der Waals surface area contributed by atoms with E-state index in [-0.39, 0.29) is 5.78 Å². The van der Waals surface area contributed by atoms with Crippen molar-refractivity contribution in [2.45, 2.75) is 13.8 Å². The lowest BCUT2D eigenvalue weighted by atomic mass is 10.1. The Hall–Kier alpha value is -0.730. The number of ketones is 1. The number of benzene rings is 1. The van der Waals surface area contributed by atoms with Crippen LogP contribution in [0.2, 0.25) is 10.0 Å². The number of hydrogen-bond donors (Lipinski definition) is 0. The van der Waals surface area contributed by atoms with Gasteiger partial charge >= 0.3 is 0 Å². The quantitative estimate of drug-likeness (QED) is 0.745. The van der Waals surface area contributed by atoms with Gasteiger partial charge in [-0.2, -0.15) is 0 Å². The minimum atomic E-state index is -0.0907. The number of ether oxygens (including phenoxy) is 1. The van der Waals surface area contributed by atoms with E-state index in [0.29, 0.717) is 28.0 Å². The highest BCUT2D eigenvalue weighted by molar-refractivity contribution is 6.43. The Morgan fingerprint density at radius 1 is 1.43 bits per heavy atom. The zero-order valence-corrected chi connectivity index (χ0v) is 9.45. The van der Waals surface area contributed by atoms with Crippen molar-refractivity contribution in [1.82, 2.24) is 0 Å². The highest BCUT2D eigenvalue weighted by Gasteiger charge is 2.14. The second-order valence-electron chi connectivity index (χ2n) is 2.73. The lowest BCUT2D eigenvalue weighted by molar-refractivity contribution is 0.101. The maximum absolute atomic E-state index is 11.2. The van der Waals surface area contributed by atoms with Crippen LogP contribution in [-0.4, -0.2) is 12.4 Å². The first-order chi connectivity index (χ1) is 6.57. The molecule has 0 amide bonds. The fourth-order valence-corrected chi connectivity index (χ4v) is 1.46. The van der Waals surface area contributed by atoms with Crippen molar-refractivity contribution in [3.63, 3.8) is 0 Å². The molecule has 1 aromatic rings. The molecule has 1 aromatic carbocycles. The molecule has 4 heteroatoms. The van der Waals surface area contributed by atoms with Gasteiger partial charge in [-0.05, 0) is 26.0 Å². The Bertz CT molecular complexity index is 361. The standard InChI is InChI=1S/C10H10Cl2O2/c1-3-14-10-7(6(2)13)4-5-8(11)9(10)12/h4-5H,3H2,1-2H3. The van der Waals surface area contributed by atoms with E-state index in [1.807, 2.05) is 6.92 Å². The fraction of sp³-hybridized carbons (Fsp3) is 0.300. The molecule has 2 nitrogen and oxygen atoms in total. The number of rotatable bonds is 3. The average molecular weight is 233 g/mol. The van der Waals surface area contributed by atoms with Crippen LogP contribution in [0.1, 0.15) is 24.2 Å². The maximum Gasteiger partial charge on any atom is 0.163 e. The molecule has 0 aliphatic heterocycles. The summed E-state index contributed by atoms with van der Waals surface area (Å²) >= 11 is 11.7. The highest BCUT2D eigenvalue weighted by Crippen LogP contribution is 2.35. The van der Waals surface area contributed by atoms with E-state index in [9.17, 15) is 4.79 Å². The van der Waals surface area contributed by atoms with E-state index in [1.54, 1.807) is 12.1 Å². The summed E-state index contributed by atoms with van der Waals surface area (Å²) in [4.78, 5) is 11.2. The minimum absolute atomic E-state index is 0.0907. The molecule has 0 fully saturated rings. The normalized spacial score (nSPS) is 10.0. The smallest absolute Gasteiger partial charge is 0.163 e. The Labute approximate surface area is 92.8 Å². The zero-order valence-electron chi connectivity index (χ0n) is 7.93. The Kier molecular flexibility index (Phi) is 3.78. The van der Waals surface area contributed by atoms with Crippen LogP contribution in [0.5, 0.6) is 5.75 Å². The summed E-state index contributed by atoms with van der Waals surface area (Å²) in [6.07, 6.45) is 0. The van der Waals surface area contributed by atoms with Crippen molar-refractivity contribution >= 4 is 29.0 Å². The van der Waals surface area contributed by atoms with Gasteiger partial charge in [-0.25, -0.2) is 0 Å². The second-order valence-corrected chi connectivity index (χ2v) is 3.51. The first-order valence-corrected chi connectivity index (χ1v) is 4.95. The van der Waals surface area contributed by atoms with Crippen LogP contribution in [0.4, 0.5) is 0 Å². The number of halogens is 2. The SMILES string of the molecule is CCOc1c(C(C)=O)ccc(Cl)c1Cl. The summed E-state index contributed by atoms with van der Waals surface area (Å²) in [6, 6.07) is 3.20. The summed E-state index contributed by atoms with van der Waals surface area (Å²) in [5.41, 5.74) is 0.459. The lowest BCUT2D eigenvalue weighted by Crippen LogP contribution is -2.01. The molecule has 0 radical (unpaired) electrons. The molecule has 0 saturated carbocycles. The third-order valence-corrected chi connectivity index (χ3v) is 2.50. The summed E-state index contributed by atoms with van der Waals surface area (Å²) in [5, 5.41) is 0.682. The van der Waals surface area contributed by atoms with Crippen molar-refractivity contribution in [3.8, 4) is 5.75 Å². The van der Waals surface area contributed by atoms with Crippen LogP contribution in [-0.2, 0) is 0 Å². The molecule has 0 bridgehead atoms. The van der Waals surface area contributed by atoms with Gasteiger partial charge in [0, 0.05) is 0 Å². The molecule has 0 aliphatic rings. The van der Waals surface area contributed by atoms with Gasteiger partial charge in [0.05, 0.1) is 17.2 Å². The van der Waals surface area contributed by atoms with E-state index >= 15 is 0 Å². The summed E-state index contributed by atoms with van der Waals surface area (Å²) in [6.45, 7) is 3.73. The fourth-order valence-electron chi connectivity index (χ4n) is 1.09. The van der Waals surface area contributed by atoms with Crippen molar-refractivity contribution < 1.29 is 9.53 Å². The third-order valence-electron chi connectivity index (χ3n) is 1.72. The van der Waals surface area contributed by atoms with Crippen molar-refractivity contribution in [3.05, 3.63) is 27.7 Å². The van der Waals surface area contributed by atoms with E-state index in [1.165, 1.54) is 6.92 Å². The van der Waals surface area contributed by atoms with Crippen LogP contribution in [0.25, 0.3) is 0 Å². The van der Waals surface area contributed by atoms with Crippen molar-refractivity contribution in [2.75, 3.05) is 6.61 Å². The summed E-state index contributed by atoms with van der Waals surface area (Å²) in [7, 11) is 0. The monoisotopic (exact) mass is 232 g/mol. The number of carbonyl (C=O) groups excluding carboxylic acids is 1. The second kappa shape index (κ2) is 4.67. The van der Waals surface area contributed by atoms with Gasteiger partial charge in [0.15, 0.2) is 5.78 Å². The summed E-state index contributed by atoms with van der Waals surface area (Å²) in [5.74, 6) is 0.279. The number of carbonyl (C=O) groups is 1. The van der Waals surface area contributed by atoms with Crippen LogP contribution >= 0.6 is 23.2 Å². The first-order valence-electron chi connectivity index (χ1n) is 4.19. The molecule has 1 rings (SSSR count). The number of hydrogen-bond acceptors (Lipinski definition) is 2. The van der Waals surface area contributed by atoms with Gasteiger partial charge in [0.2, 0.25) is 0 Å². The molecule has 0 heterocycles. The van der Waals surface area contributed by atoms with Crippen LogP contribution in [0.3, 0.4) is 0 Å². The molecule has 14 heavy (non-hydrogen) atoms. The minimum Gasteiger partial charge on any atom is -0.491 e. The van der Waals surface area contributed by atoms with Gasteiger partial charge in [-0.1, -0.05) is 23.2 Å². The molecule has 0 atom stereocenters. The van der Waals surface area contributed by atoms with Crippen molar-refractivity contribution in [2.24, 2.45) is 0 Å². The van der Waals surface area contributed by atoms with E-state index in [2.05, 4.69) is 0 Å². The molecule has 0 unspecified atom stereocenters. The molecule has 0 N–H and O–H groups in total. The van der Waals surface area contributed by atoms with Crippen LogP contribution in [0, 0.1) is 0 Å². The molecule has 0 aliphatic carbocycles. The average Bonchev–Trinajstić information content (AvgIpc) is 2.13. The first kappa shape index (κ1) is 11.3. The molecular formula is C10H10Cl2O2. The molecule has 0 spiro atoms. The van der Waals surface area contributed by atoms with Gasteiger partial charge in [0.25, 0.3) is 0 Å². The van der Waals surface area contributed by atoms with Gasteiger partial charge < -0.3 is 4.74 Å². The largest absolute Gasteiger partial charge is 0.491 e. The zero-order chi connectivity index (χ0) is 10.7. The Morgan fingerprint density at radius 2 is 2.07 bits per heavy atom. The van der Waals surface area contributed by atoms with Gasteiger partial charge in [0.1, 0.15) is 10.8 Å². The predicted octanol–water partition coefficient (Wildman–Crippen LogP) is 3.59. The van der Waals surface area contributed by atoms with Gasteiger partial charge in [-0.3, -0.25) is 4.79 Å². The predicted molar refractivity (Wildman–Crippen MR) is 57.6 cm³/mol. The van der Waals surface area contributed by atoms with Gasteiger partial charge in [-0.15, -0.1) is 0 Å². The Balaban J connectivity index is 3.29. The maximum atomic E-state index is 11.2.